The van der Waals surface area contributed by atoms with Crippen LogP contribution in [-0.4, -0.2) is 35.5 Å². The number of nitrogens with one attached hydrogen (secondary N) is 1. The Balaban J connectivity index is 1.91. The SMILES string of the molecule is CN1CCC(NCc2cccc(CO)c2)C1=O. The first-order valence-electron chi connectivity index (χ1n) is 5.88. The molecule has 1 fully saturated rings. The molecule has 1 amide bonds. The molecule has 1 saturated heterocycles. The molecule has 17 heavy (non-hydrogen) atoms. The molecule has 0 radical (unpaired) electrons. The van der Waals surface area contributed by atoms with Gasteiger partial charge in [0, 0.05) is 20.1 Å². The molecule has 0 aromatic heterocycles. The lowest BCUT2D eigenvalue weighted by molar-refractivity contribution is -0.128. The minimum atomic E-state index is -0.0576. The van der Waals surface area contributed by atoms with E-state index in [4.69, 9.17) is 5.11 Å². The lowest BCUT2D eigenvalue weighted by atomic mass is 10.1. The molecule has 4 nitrogen and oxygen atoms in total. The van der Waals surface area contributed by atoms with Crippen LogP contribution in [0.25, 0.3) is 0 Å². The molecule has 0 saturated carbocycles. The van der Waals surface area contributed by atoms with E-state index in [0.717, 1.165) is 24.1 Å². The van der Waals surface area contributed by atoms with Gasteiger partial charge in [0.2, 0.25) is 5.91 Å². The van der Waals surface area contributed by atoms with E-state index in [1.807, 2.05) is 31.3 Å². The van der Waals surface area contributed by atoms with Crippen molar-refractivity contribution >= 4 is 5.91 Å². The second-order valence-electron chi connectivity index (χ2n) is 4.46. The second-order valence-corrected chi connectivity index (χ2v) is 4.46. The summed E-state index contributed by atoms with van der Waals surface area (Å²) in [6.07, 6.45) is 0.870. The highest BCUT2D eigenvalue weighted by molar-refractivity contribution is 5.83. The minimum Gasteiger partial charge on any atom is -0.392 e. The van der Waals surface area contributed by atoms with Crippen LogP contribution in [0.3, 0.4) is 0 Å². The third-order valence-corrected chi connectivity index (χ3v) is 3.15. The monoisotopic (exact) mass is 234 g/mol. The van der Waals surface area contributed by atoms with Gasteiger partial charge in [-0.05, 0) is 17.5 Å². The molecule has 0 aliphatic carbocycles. The van der Waals surface area contributed by atoms with Gasteiger partial charge in [0.25, 0.3) is 0 Å². The quantitative estimate of drug-likeness (QED) is 0.797. The highest BCUT2D eigenvalue weighted by Gasteiger charge is 2.28. The number of aliphatic hydroxyl groups excluding tert-OH is 1. The molecule has 0 bridgehead atoms. The van der Waals surface area contributed by atoms with Gasteiger partial charge < -0.3 is 15.3 Å². The Morgan fingerprint density at radius 3 is 2.88 bits per heavy atom. The molecule has 1 unspecified atom stereocenters. The number of amides is 1. The van der Waals surface area contributed by atoms with E-state index in [0.29, 0.717) is 6.54 Å². The zero-order chi connectivity index (χ0) is 12.3. The topological polar surface area (TPSA) is 52.6 Å². The molecule has 1 atom stereocenters. The Hall–Kier alpha value is -1.39. The van der Waals surface area contributed by atoms with E-state index in [1.165, 1.54) is 0 Å². The highest BCUT2D eigenvalue weighted by atomic mass is 16.3. The predicted octanol–water partition coefficient (Wildman–Crippen LogP) is 0.499. The van der Waals surface area contributed by atoms with Crippen molar-refractivity contribution in [2.45, 2.75) is 25.6 Å². The van der Waals surface area contributed by atoms with E-state index in [2.05, 4.69) is 5.32 Å². The number of hydrogen-bond acceptors (Lipinski definition) is 3. The van der Waals surface area contributed by atoms with Crippen LogP contribution in [0.5, 0.6) is 0 Å². The minimum absolute atomic E-state index is 0.0545. The van der Waals surface area contributed by atoms with Crippen molar-refractivity contribution in [3.05, 3.63) is 35.4 Å². The number of carbonyl (C=O) groups excluding carboxylic acids is 1. The summed E-state index contributed by atoms with van der Waals surface area (Å²) < 4.78 is 0. The van der Waals surface area contributed by atoms with Crippen molar-refractivity contribution in [3.8, 4) is 0 Å². The molecule has 1 aromatic carbocycles. The molecular weight excluding hydrogens is 216 g/mol. The van der Waals surface area contributed by atoms with Gasteiger partial charge in [-0.25, -0.2) is 0 Å². The van der Waals surface area contributed by atoms with Crippen LogP contribution >= 0.6 is 0 Å². The lowest BCUT2D eigenvalue weighted by Crippen LogP contribution is -2.36. The summed E-state index contributed by atoms with van der Waals surface area (Å²) in [5.41, 5.74) is 2.00. The Bertz CT molecular complexity index is 406. The summed E-state index contributed by atoms with van der Waals surface area (Å²) in [7, 11) is 1.83. The summed E-state index contributed by atoms with van der Waals surface area (Å²) in [6, 6.07) is 7.70. The molecule has 0 spiro atoms. The Morgan fingerprint density at radius 1 is 1.47 bits per heavy atom. The number of carbonyl (C=O) groups is 1. The molecular formula is C13H18N2O2. The summed E-state index contributed by atoms with van der Waals surface area (Å²) in [5, 5.41) is 12.3. The van der Waals surface area contributed by atoms with Crippen LogP contribution < -0.4 is 5.32 Å². The van der Waals surface area contributed by atoms with Gasteiger partial charge in [0.1, 0.15) is 0 Å². The Labute approximate surface area is 101 Å². The fourth-order valence-electron chi connectivity index (χ4n) is 2.09. The van der Waals surface area contributed by atoms with Crippen molar-refractivity contribution < 1.29 is 9.90 Å². The van der Waals surface area contributed by atoms with E-state index in [9.17, 15) is 4.79 Å². The number of aliphatic hydroxyl groups is 1. The smallest absolute Gasteiger partial charge is 0.239 e. The summed E-state index contributed by atoms with van der Waals surface area (Å²) >= 11 is 0. The number of hydrogen-bond donors (Lipinski definition) is 2. The summed E-state index contributed by atoms with van der Waals surface area (Å²) in [4.78, 5) is 13.4. The summed E-state index contributed by atoms with van der Waals surface area (Å²) in [6.45, 7) is 1.55. The van der Waals surface area contributed by atoms with Crippen LogP contribution in [-0.2, 0) is 17.9 Å². The normalized spacial score (nSPS) is 20.0. The van der Waals surface area contributed by atoms with Gasteiger partial charge in [-0.2, -0.15) is 0 Å². The van der Waals surface area contributed by atoms with E-state index in [-0.39, 0.29) is 18.6 Å². The first-order valence-corrected chi connectivity index (χ1v) is 5.88. The molecule has 92 valence electrons. The van der Waals surface area contributed by atoms with Crippen molar-refractivity contribution in [3.63, 3.8) is 0 Å². The number of benzene rings is 1. The molecule has 1 aromatic rings. The molecule has 2 N–H and O–H groups in total. The van der Waals surface area contributed by atoms with E-state index >= 15 is 0 Å². The number of rotatable bonds is 4. The van der Waals surface area contributed by atoms with Crippen molar-refractivity contribution in [1.82, 2.24) is 10.2 Å². The van der Waals surface area contributed by atoms with Crippen LogP contribution in [0, 0.1) is 0 Å². The maximum atomic E-state index is 11.7. The lowest BCUT2D eigenvalue weighted by Gasteiger charge is -2.12. The first kappa shape index (κ1) is 12.1. The van der Waals surface area contributed by atoms with Gasteiger partial charge in [-0.1, -0.05) is 24.3 Å². The van der Waals surface area contributed by atoms with Gasteiger partial charge in [-0.15, -0.1) is 0 Å². The number of nitrogens with zero attached hydrogens (tertiary/aromatic N) is 1. The van der Waals surface area contributed by atoms with Crippen LogP contribution in [0.1, 0.15) is 17.5 Å². The van der Waals surface area contributed by atoms with Gasteiger partial charge in [0.15, 0.2) is 0 Å². The van der Waals surface area contributed by atoms with E-state index < -0.39 is 0 Å². The number of likely N-dealkylation sites (tertiary alicyclic amines) is 1. The van der Waals surface area contributed by atoms with Crippen LogP contribution in [0.2, 0.25) is 0 Å². The van der Waals surface area contributed by atoms with Crippen LogP contribution in [0.4, 0.5) is 0 Å². The standard InChI is InChI=1S/C13H18N2O2/c1-15-6-5-12(13(15)17)14-8-10-3-2-4-11(7-10)9-16/h2-4,7,12,14,16H,5-6,8-9H2,1H3. The Kier molecular flexibility index (Phi) is 3.76. The van der Waals surface area contributed by atoms with Gasteiger partial charge >= 0.3 is 0 Å². The number of likely N-dealkylation sites (N-methyl/N-ethyl adjacent to an activating group) is 1. The third-order valence-electron chi connectivity index (χ3n) is 3.15. The molecule has 1 aliphatic heterocycles. The average molecular weight is 234 g/mol. The molecule has 4 heteroatoms. The van der Waals surface area contributed by atoms with Crippen molar-refractivity contribution in [2.24, 2.45) is 0 Å². The third kappa shape index (κ3) is 2.84. The zero-order valence-electron chi connectivity index (χ0n) is 10.0. The molecule has 1 heterocycles. The second kappa shape index (κ2) is 5.29. The van der Waals surface area contributed by atoms with Crippen LogP contribution in [0.15, 0.2) is 24.3 Å². The fraction of sp³-hybridized carbons (Fsp3) is 0.462. The van der Waals surface area contributed by atoms with Gasteiger partial charge in [0.05, 0.1) is 12.6 Å². The predicted molar refractivity (Wildman–Crippen MR) is 65.2 cm³/mol. The van der Waals surface area contributed by atoms with E-state index in [1.54, 1.807) is 4.90 Å². The maximum absolute atomic E-state index is 11.7. The summed E-state index contributed by atoms with van der Waals surface area (Å²) in [5.74, 6) is 0.170. The first-order chi connectivity index (χ1) is 8.20. The van der Waals surface area contributed by atoms with Crippen molar-refractivity contribution in [1.29, 1.82) is 0 Å². The average Bonchev–Trinajstić information content (AvgIpc) is 2.68. The maximum Gasteiger partial charge on any atom is 0.239 e. The van der Waals surface area contributed by atoms with Crippen molar-refractivity contribution in [2.75, 3.05) is 13.6 Å². The largest absolute Gasteiger partial charge is 0.392 e. The zero-order valence-corrected chi connectivity index (χ0v) is 10.0. The molecule has 2 rings (SSSR count). The fourth-order valence-corrected chi connectivity index (χ4v) is 2.09. The molecule has 1 aliphatic rings. The van der Waals surface area contributed by atoms with Gasteiger partial charge in [-0.3, -0.25) is 4.79 Å². The highest BCUT2D eigenvalue weighted by Crippen LogP contribution is 2.10. The Morgan fingerprint density at radius 2 is 2.24 bits per heavy atom.